The predicted octanol–water partition coefficient (Wildman–Crippen LogP) is 12.3. The molecule has 0 atom stereocenters. The number of nitrogens with zero attached hydrogens (tertiary/aromatic N) is 2. The van der Waals surface area contributed by atoms with Gasteiger partial charge in [0, 0.05) is 22.1 Å². The van der Waals surface area contributed by atoms with Crippen LogP contribution in [0, 0.1) is 0 Å². The van der Waals surface area contributed by atoms with Crippen molar-refractivity contribution in [3.63, 3.8) is 0 Å². The van der Waals surface area contributed by atoms with Crippen molar-refractivity contribution in [1.82, 2.24) is 9.97 Å². The lowest BCUT2D eigenvalue weighted by Crippen LogP contribution is -1.99. The number of rotatable bonds is 5. The lowest BCUT2D eigenvalue weighted by Gasteiger charge is -2.17. The highest BCUT2D eigenvalue weighted by molar-refractivity contribution is 6.21. The molecular formula is C46H30N2. The van der Waals surface area contributed by atoms with E-state index in [0.717, 1.165) is 50.4 Å². The molecule has 0 bridgehead atoms. The fraction of sp³-hybridized carbons (Fsp3) is 0. The summed E-state index contributed by atoms with van der Waals surface area (Å²) in [4.78, 5) is 10.8. The summed E-state index contributed by atoms with van der Waals surface area (Å²) in [6, 6.07) is 64.5. The first-order valence-corrected chi connectivity index (χ1v) is 16.3. The molecule has 2 nitrogen and oxygen atoms in total. The zero-order valence-corrected chi connectivity index (χ0v) is 26.2. The van der Waals surface area contributed by atoms with Gasteiger partial charge in [0.05, 0.1) is 11.4 Å². The molecule has 0 unspecified atom stereocenters. The second kappa shape index (κ2) is 11.8. The summed E-state index contributed by atoms with van der Waals surface area (Å²) >= 11 is 0. The van der Waals surface area contributed by atoms with Crippen LogP contribution in [-0.4, -0.2) is 9.97 Å². The van der Waals surface area contributed by atoms with Gasteiger partial charge in [-0.15, -0.1) is 0 Å². The van der Waals surface area contributed by atoms with E-state index in [1.807, 2.05) is 6.07 Å². The van der Waals surface area contributed by atoms with Gasteiger partial charge in [0.2, 0.25) is 0 Å². The van der Waals surface area contributed by atoms with Crippen LogP contribution in [0.15, 0.2) is 182 Å². The summed E-state index contributed by atoms with van der Waals surface area (Å²) in [6.07, 6.45) is 0. The van der Waals surface area contributed by atoms with E-state index in [-0.39, 0.29) is 0 Å². The van der Waals surface area contributed by atoms with Crippen LogP contribution in [0.1, 0.15) is 0 Å². The molecule has 9 aromatic rings. The second-order valence-electron chi connectivity index (χ2n) is 12.2. The summed E-state index contributed by atoms with van der Waals surface area (Å²) in [5.41, 5.74) is 9.59. The lowest BCUT2D eigenvalue weighted by atomic mass is 9.91. The summed E-state index contributed by atoms with van der Waals surface area (Å²) < 4.78 is 0. The third-order valence-corrected chi connectivity index (χ3v) is 9.26. The van der Waals surface area contributed by atoms with E-state index < -0.39 is 0 Å². The van der Waals surface area contributed by atoms with Gasteiger partial charge >= 0.3 is 0 Å². The Morgan fingerprint density at radius 1 is 0.312 bits per heavy atom. The van der Waals surface area contributed by atoms with Gasteiger partial charge in [-0.1, -0.05) is 164 Å². The van der Waals surface area contributed by atoms with Crippen molar-refractivity contribution in [1.29, 1.82) is 0 Å². The van der Waals surface area contributed by atoms with E-state index in [0.29, 0.717) is 0 Å². The monoisotopic (exact) mass is 610 g/mol. The maximum Gasteiger partial charge on any atom is 0.161 e. The minimum absolute atomic E-state index is 0.718. The Labute approximate surface area is 279 Å². The third-order valence-electron chi connectivity index (χ3n) is 9.26. The van der Waals surface area contributed by atoms with Gasteiger partial charge in [-0.2, -0.15) is 0 Å². The Morgan fingerprint density at radius 2 is 0.896 bits per heavy atom. The third kappa shape index (κ3) is 4.92. The standard InChI is InChI=1S/C46H30N2/c1-4-14-31(15-5-1)35-26-27-40(41(29-35)32-16-6-2-7-17-32)43-30-42(34-19-8-3-9-20-34)47-46(48-43)45-39-23-13-11-21-36(39)28-37-25-24-33-18-10-12-22-38(33)44(37)45/h1-30H. The van der Waals surface area contributed by atoms with Crippen LogP contribution in [0.5, 0.6) is 0 Å². The van der Waals surface area contributed by atoms with Crippen molar-refractivity contribution in [2.75, 3.05) is 0 Å². The average molecular weight is 611 g/mol. The molecule has 8 aromatic carbocycles. The molecule has 224 valence electrons. The number of hydrogen-bond donors (Lipinski definition) is 0. The van der Waals surface area contributed by atoms with Gasteiger partial charge in [-0.05, 0) is 67.4 Å². The van der Waals surface area contributed by atoms with Crippen molar-refractivity contribution in [2.24, 2.45) is 0 Å². The van der Waals surface area contributed by atoms with Gasteiger partial charge in [0.25, 0.3) is 0 Å². The van der Waals surface area contributed by atoms with Crippen molar-refractivity contribution in [3.8, 4) is 56.2 Å². The van der Waals surface area contributed by atoms with Crippen molar-refractivity contribution < 1.29 is 0 Å². The fourth-order valence-electron chi connectivity index (χ4n) is 6.96. The molecule has 0 radical (unpaired) electrons. The maximum absolute atomic E-state index is 5.48. The number of aromatic nitrogens is 2. The molecule has 1 heterocycles. The molecule has 0 aliphatic heterocycles. The number of benzene rings is 8. The van der Waals surface area contributed by atoms with E-state index in [9.17, 15) is 0 Å². The first-order chi connectivity index (χ1) is 23.8. The van der Waals surface area contributed by atoms with Gasteiger partial charge in [-0.25, -0.2) is 9.97 Å². The summed E-state index contributed by atoms with van der Waals surface area (Å²) in [5.74, 6) is 0.718. The van der Waals surface area contributed by atoms with Crippen molar-refractivity contribution in [3.05, 3.63) is 182 Å². The highest BCUT2D eigenvalue weighted by Crippen LogP contribution is 2.42. The second-order valence-corrected chi connectivity index (χ2v) is 12.2. The molecule has 0 saturated heterocycles. The fourth-order valence-corrected chi connectivity index (χ4v) is 6.96. The topological polar surface area (TPSA) is 25.8 Å². The molecule has 0 amide bonds. The average Bonchev–Trinajstić information content (AvgIpc) is 3.17. The molecule has 2 heteroatoms. The van der Waals surface area contributed by atoms with E-state index >= 15 is 0 Å². The minimum atomic E-state index is 0.718. The Balaban J connectivity index is 1.38. The van der Waals surface area contributed by atoms with Crippen molar-refractivity contribution in [2.45, 2.75) is 0 Å². The van der Waals surface area contributed by atoms with Crippen LogP contribution in [0.4, 0.5) is 0 Å². The van der Waals surface area contributed by atoms with Crippen LogP contribution >= 0.6 is 0 Å². The van der Waals surface area contributed by atoms with Crippen LogP contribution in [0.2, 0.25) is 0 Å². The SMILES string of the molecule is c1ccc(-c2ccc(-c3cc(-c4ccccc4)nc(-c4c5ccccc5cc5ccc6ccccc6c45)n3)c(-c3ccccc3)c2)cc1. The zero-order valence-electron chi connectivity index (χ0n) is 26.2. The van der Waals surface area contributed by atoms with E-state index in [1.165, 1.54) is 38.1 Å². The normalized spacial score (nSPS) is 11.3. The molecule has 0 saturated carbocycles. The molecule has 0 aliphatic carbocycles. The quantitative estimate of drug-likeness (QED) is 0.143. The van der Waals surface area contributed by atoms with E-state index in [1.54, 1.807) is 0 Å². The Hall–Kier alpha value is -6.38. The van der Waals surface area contributed by atoms with Crippen LogP contribution < -0.4 is 0 Å². The first-order valence-electron chi connectivity index (χ1n) is 16.3. The number of fused-ring (bicyclic) bond motifs is 4. The highest BCUT2D eigenvalue weighted by atomic mass is 14.9. The Bertz CT molecular complexity index is 2590. The maximum atomic E-state index is 5.48. The molecule has 1 aromatic heterocycles. The highest BCUT2D eigenvalue weighted by Gasteiger charge is 2.19. The molecule has 0 N–H and O–H groups in total. The molecule has 0 spiro atoms. The van der Waals surface area contributed by atoms with E-state index in [2.05, 4.69) is 176 Å². The zero-order chi connectivity index (χ0) is 31.9. The van der Waals surface area contributed by atoms with Crippen molar-refractivity contribution >= 4 is 32.3 Å². The van der Waals surface area contributed by atoms with Crippen LogP contribution in [0.3, 0.4) is 0 Å². The Kier molecular flexibility index (Phi) is 6.84. The minimum Gasteiger partial charge on any atom is -0.228 e. The van der Waals surface area contributed by atoms with Gasteiger partial charge in [0.15, 0.2) is 5.82 Å². The van der Waals surface area contributed by atoms with Gasteiger partial charge < -0.3 is 0 Å². The molecule has 9 rings (SSSR count). The molecular weight excluding hydrogens is 581 g/mol. The number of hydrogen-bond acceptors (Lipinski definition) is 2. The van der Waals surface area contributed by atoms with Gasteiger partial charge in [0.1, 0.15) is 0 Å². The molecule has 0 fully saturated rings. The Morgan fingerprint density at radius 3 is 1.65 bits per heavy atom. The predicted molar refractivity (Wildman–Crippen MR) is 202 cm³/mol. The van der Waals surface area contributed by atoms with E-state index in [4.69, 9.17) is 9.97 Å². The van der Waals surface area contributed by atoms with Gasteiger partial charge in [-0.3, -0.25) is 0 Å². The summed E-state index contributed by atoms with van der Waals surface area (Å²) in [6.45, 7) is 0. The summed E-state index contributed by atoms with van der Waals surface area (Å²) in [5, 5.41) is 7.05. The van der Waals surface area contributed by atoms with Crippen LogP contribution in [-0.2, 0) is 0 Å². The summed E-state index contributed by atoms with van der Waals surface area (Å²) in [7, 11) is 0. The first kappa shape index (κ1) is 27.9. The van der Waals surface area contributed by atoms with Crippen LogP contribution in [0.25, 0.3) is 88.5 Å². The smallest absolute Gasteiger partial charge is 0.161 e. The largest absolute Gasteiger partial charge is 0.228 e. The molecule has 0 aliphatic rings. The lowest BCUT2D eigenvalue weighted by molar-refractivity contribution is 1.19. The molecule has 48 heavy (non-hydrogen) atoms.